The molecule has 3 N–H and O–H groups in total. The SMILES string of the molecule is O=C(O[C@H]1Cc2ccccc2O[C@H]1c1ccccc1)c1cc(O)c(O)c(O)c1. The van der Waals surface area contributed by atoms with E-state index in [1.165, 1.54) is 0 Å². The highest BCUT2D eigenvalue weighted by atomic mass is 16.6. The first-order chi connectivity index (χ1) is 13.5. The fraction of sp³-hybridized carbons (Fsp3) is 0.136. The fourth-order valence-electron chi connectivity index (χ4n) is 3.28. The van der Waals surface area contributed by atoms with E-state index in [1.807, 2.05) is 54.6 Å². The number of ether oxygens (including phenoxy) is 2. The number of esters is 1. The summed E-state index contributed by atoms with van der Waals surface area (Å²) in [5.41, 5.74) is 1.72. The highest BCUT2D eigenvalue weighted by Gasteiger charge is 2.34. The maximum atomic E-state index is 12.6. The molecule has 28 heavy (non-hydrogen) atoms. The van der Waals surface area contributed by atoms with E-state index < -0.39 is 35.4 Å². The van der Waals surface area contributed by atoms with Crippen molar-refractivity contribution in [2.75, 3.05) is 0 Å². The van der Waals surface area contributed by atoms with Crippen molar-refractivity contribution in [2.24, 2.45) is 0 Å². The Morgan fingerprint density at radius 3 is 2.29 bits per heavy atom. The molecule has 0 bridgehead atoms. The van der Waals surface area contributed by atoms with Gasteiger partial charge >= 0.3 is 5.97 Å². The minimum Gasteiger partial charge on any atom is -0.504 e. The number of phenols is 3. The topological polar surface area (TPSA) is 96.2 Å². The molecule has 1 aliphatic rings. The summed E-state index contributed by atoms with van der Waals surface area (Å²) in [4.78, 5) is 12.6. The zero-order chi connectivity index (χ0) is 19.7. The van der Waals surface area contributed by atoms with Crippen molar-refractivity contribution in [2.45, 2.75) is 18.6 Å². The third-order valence-electron chi connectivity index (χ3n) is 4.68. The summed E-state index contributed by atoms with van der Waals surface area (Å²) < 4.78 is 11.8. The molecule has 1 heterocycles. The standard InChI is InChI=1S/C22H18O6/c23-16-10-15(11-17(24)20(16)25)22(26)28-19-12-14-8-4-5-9-18(14)27-21(19)13-6-2-1-3-7-13/h1-11,19,21,23-25H,12H2/t19-,21-/m0/s1. The Bertz CT molecular complexity index is 992. The minimum absolute atomic E-state index is 0.0709. The number of hydrogen-bond acceptors (Lipinski definition) is 6. The summed E-state index contributed by atoms with van der Waals surface area (Å²) in [6.45, 7) is 0. The smallest absolute Gasteiger partial charge is 0.338 e. The molecular weight excluding hydrogens is 360 g/mol. The molecule has 142 valence electrons. The highest BCUT2D eigenvalue weighted by Crippen LogP contribution is 2.38. The van der Waals surface area contributed by atoms with Crippen LogP contribution in [0.1, 0.15) is 27.6 Å². The van der Waals surface area contributed by atoms with Crippen molar-refractivity contribution in [1.29, 1.82) is 0 Å². The van der Waals surface area contributed by atoms with Crippen molar-refractivity contribution in [3.8, 4) is 23.0 Å². The van der Waals surface area contributed by atoms with E-state index in [2.05, 4.69) is 0 Å². The first-order valence-corrected chi connectivity index (χ1v) is 8.78. The predicted molar refractivity (Wildman–Crippen MR) is 101 cm³/mol. The van der Waals surface area contributed by atoms with E-state index in [9.17, 15) is 20.1 Å². The van der Waals surface area contributed by atoms with Crippen LogP contribution in [0.3, 0.4) is 0 Å². The summed E-state index contributed by atoms with van der Waals surface area (Å²) in [6, 6.07) is 19.1. The van der Waals surface area contributed by atoms with Crippen LogP contribution in [0.15, 0.2) is 66.7 Å². The summed E-state index contributed by atoms with van der Waals surface area (Å²) in [7, 11) is 0. The molecule has 0 aromatic heterocycles. The van der Waals surface area contributed by atoms with Crippen molar-refractivity contribution >= 4 is 5.97 Å². The molecule has 0 saturated carbocycles. The van der Waals surface area contributed by atoms with Crippen LogP contribution >= 0.6 is 0 Å². The molecule has 0 fully saturated rings. The third kappa shape index (κ3) is 3.32. The molecule has 0 saturated heterocycles. The highest BCUT2D eigenvalue weighted by molar-refractivity contribution is 5.91. The monoisotopic (exact) mass is 378 g/mol. The lowest BCUT2D eigenvalue weighted by Gasteiger charge is -2.33. The summed E-state index contributed by atoms with van der Waals surface area (Å²) in [5, 5.41) is 28.8. The molecular formula is C22H18O6. The van der Waals surface area contributed by atoms with Gasteiger partial charge in [-0.2, -0.15) is 0 Å². The van der Waals surface area contributed by atoms with Gasteiger partial charge in [0, 0.05) is 6.42 Å². The van der Waals surface area contributed by atoms with E-state index in [1.54, 1.807) is 0 Å². The summed E-state index contributed by atoms with van der Waals surface area (Å²) in [5.74, 6) is -1.88. The van der Waals surface area contributed by atoms with Crippen LogP contribution in [-0.4, -0.2) is 27.4 Å². The summed E-state index contributed by atoms with van der Waals surface area (Å²) >= 11 is 0. The molecule has 0 spiro atoms. The second kappa shape index (κ2) is 7.15. The predicted octanol–water partition coefficient (Wildman–Crippen LogP) is 3.71. The van der Waals surface area contributed by atoms with Crippen molar-refractivity contribution in [1.82, 2.24) is 0 Å². The number of carbonyl (C=O) groups excluding carboxylic acids is 1. The molecule has 6 heteroatoms. The Morgan fingerprint density at radius 1 is 0.929 bits per heavy atom. The van der Waals surface area contributed by atoms with Gasteiger partial charge in [-0.1, -0.05) is 48.5 Å². The average Bonchev–Trinajstić information content (AvgIpc) is 2.71. The lowest BCUT2D eigenvalue weighted by atomic mass is 9.94. The number of hydrogen-bond donors (Lipinski definition) is 3. The Labute approximate surface area is 161 Å². The fourth-order valence-corrected chi connectivity index (χ4v) is 3.28. The van der Waals surface area contributed by atoms with Gasteiger partial charge in [-0.05, 0) is 29.3 Å². The number of aromatic hydroxyl groups is 3. The van der Waals surface area contributed by atoms with Crippen LogP contribution in [-0.2, 0) is 11.2 Å². The van der Waals surface area contributed by atoms with Gasteiger partial charge in [-0.25, -0.2) is 4.79 Å². The Balaban J connectivity index is 1.65. The van der Waals surface area contributed by atoms with Crippen molar-refractivity contribution in [3.63, 3.8) is 0 Å². The number of rotatable bonds is 3. The number of phenolic OH excluding ortho intramolecular Hbond substituents is 3. The molecule has 0 aliphatic carbocycles. The number of fused-ring (bicyclic) bond motifs is 1. The number of para-hydroxylation sites is 1. The molecule has 0 amide bonds. The van der Waals surface area contributed by atoms with E-state index in [-0.39, 0.29) is 5.56 Å². The van der Waals surface area contributed by atoms with Gasteiger partial charge in [0.25, 0.3) is 0 Å². The van der Waals surface area contributed by atoms with Crippen molar-refractivity contribution in [3.05, 3.63) is 83.4 Å². The lowest BCUT2D eigenvalue weighted by molar-refractivity contribution is -0.0183. The van der Waals surface area contributed by atoms with Crippen LogP contribution in [0, 0.1) is 0 Å². The van der Waals surface area contributed by atoms with Gasteiger partial charge in [-0.15, -0.1) is 0 Å². The van der Waals surface area contributed by atoms with Gasteiger partial charge in [0.05, 0.1) is 5.56 Å². The van der Waals surface area contributed by atoms with Crippen LogP contribution < -0.4 is 4.74 Å². The third-order valence-corrected chi connectivity index (χ3v) is 4.68. The molecule has 4 rings (SSSR count). The van der Waals surface area contributed by atoms with Crippen LogP contribution in [0.4, 0.5) is 0 Å². The summed E-state index contributed by atoms with van der Waals surface area (Å²) in [6.07, 6.45) is -0.653. The molecule has 6 nitrogen and oxygen atoms in total. The largest absolute Gasteiger partial charge is 0.504 e. The molecule has 0 unspecified atom stereocenters. The van der Waals surface area contributed by atoms with E-state index in [0.29, 0.717) is 6.42 Å². The molecule has 3 aromatic carbocycles. The first kappa shape index (κ1) is 17.7. The molecule has 0 radical (unpaired) electrons. The zero-order valence-corrected chi connectivity index (χ0v) is 14.8. The number of benzene rings is 3. The van der Waals surface area contributed by atoms with E-state index >= 15 is 0 Å². The van der Waals surface area contributed by atoms with Gasteiger partial charge in [-0.3, -0.25) is 0 Å². The maximum Gasteiger partial charge on any atom is 0.338 e. The van der Waals surface area contributed by atoms with E-state index in [4.69, 9.17) is 9.47 Å². The lowest BCUT2D eigenvalue weighted by Crippen LogP contribution is -2.34. The normalized spacial score (nSPS) is 18.0. The van der Waals surface area contributed by atoms with Crippen LogP contribution in [0.5, 0.6) is 23.0 Å². The molecule has 1 aliphatic heterocycles. The zero-order valence-electron chi connectivity index (χ0n) is 14.8. The van der Waals surface area contributed by atoms with E-state index in [0.717, 1.165) is 29.0 Å². The second-order valence-corrected chi connectivity index (χ2v) is 6.57. The minimum atomic E-state index is -0.737. The quantitative estimate of drug-likeness (QED) is 0.475. The van der Waals surface area contributed by atoms with Gasteiger partial charge in [0.1, 0.15) is 11.9 Å². The van der Waals surface area contributed by atoms with Gasteiger partial charge in [0.15, 0.2) is 23.4 Å². The van der Waals surface area contributed by atoms with Crippen molar-refractivity contribution < 1.29 is 29.6 Å². The van der Waals surface area contributed by atoms with Crippen LogP contribution in [0.25, 0.3) is 0 Å². The van der Waals surface area contributed by atoms with Gasteiger partial charge < -0.3 is 24.8 Å². The molecule has 2 atom stereocenters. The Kier molecular flexibility index (Phi) is 4.53. The first-order valence-electron chi connectivity index (χ1n) is 8.78. The van der Waals surface area contributed by atoms with Crippen LogP contribution in [0.2, 0.25) is 0 Å². The maximum absolute atomic E-state index is 12.6. The second-order valence-electron chi connectivity index (χ2n) is 6.57. The average molecular weight is 378 g/mol. The number of carbonyl (C=O) groups is 1. The Hall–Kier alpha value is -3.67. The molecule has 3 aromatic rings. The van der Waals surface area contributed by atoms with Gasteiger partial charge in [0.2, 0.25) is 0 Å². The Morgan fingerprint density at radius 2 is 1.57 bits per heavy atom.